The lowest BCUT2D eigenvalue weighted by molar-refractivity contribution is -0.121. The molecule has 29 heavy (non-hydrogen) atoms. The number of carbonyl (C=O) groups is 1. The first-order chi connectivity index (χ1) is 14.1. The predicted octanol–water partition coefficient (Wildman–Crippen LogP) is 2.69. The summed E-state index contributed by atoms with van der Waals surface area (Å²) in [6.07, 6.45) is 4.22. The molecule has 156 valence electrons. The maximum atomic E-state index is 11.3. The van der Waals surface area contributed by atoms with Gasteiger partial charge in [-0.3, -0.25) is 19.6 Å². The number of rotatable bonds is 9. The summed E-state index contributed by atoms with van der Waals surface area (Å²) in [5.41, 5.74) is 2.57. The molecule has 1 aromatic carbocycles. The number of carbonyl (C=O) groups excluding carboxylic acids is 1. The maximum absolute atomic E-state index is 11.3. The van der Waals surface area contributed by atoms with Gasteiger partial charge in [0, 0.05) is 58.1 Å². The van der Waals surface area contributed by atoms with Gasteiger partial charge in [0.25, 0.3) is 0 Å². The molecule has 6 nitrogen and oxygen atoms in total. The highest BCUT2D eigenvalue weighted by Crippen LogP contribution is 2.16. The standard InChI is InChI=1S/C23H32N4O2/c1-3-23(28)25-15-19(2)29-22-8-6-20(7-9-22)17-26-11-13-27(14-12-26)18-21-5-4-10-24-16-21/h4-10,16,19H,3,11-15,17-18H2,1-2H3,(H,25,28). The third kappa shape index (κ3) is 7.15. The van der Waals surface area contributed by atoms with Crippen molar-refractivity contribution in [2.75, 3.05) is 32.7 Å². The van der Waals surface area contributed by atoms with Crippen LogP contribution in [0.1, 0.15) is 31.4 Å². The predicted molar refractivity (Wildman–Crippen MR) is 115 cm³/mol. The average Bonchev–Trinajstić information content (AvgIpc) is 2.75. The lowest BCUT2D eigenvalue weighted by Crippen LogP contribution is -2.45. The topological polar surface area (TPSA) is 57.7 Å². The number of piperazine rings is 1. The van der Waals surface area contributed by atoms with Gasteiger partial charge in [-0.2, -0.15) is 0 Å². The summed E-state index contributed by atoms with van der Waals surface area (Å²) < 4.78 is 5.88. The second kappa shape index (κ2) is 10.9. The van der Waals surface area contributed by atoms with E-state index in [-0.39, 0.29) is 12.0 Å². The van der Waals surface area contributed by atoms with E-state index in [0.29, 0.717) is 13.0 Å². The van der Waals surface area contributed by atoms with Crippen molar-refractivity contribution in [3.05, 3.63) is 59.9 Å². The SMILES string of the molecule is CCC(=O)NCC(C)Oc1ccc(CN2CCN(Cc3cccnc3)CC2)cc1. The molecule has 6 heteroatoms. The Kier molecular flexibility index (Phi) is 8.02. The van der Waals surface area contributed by atoms with Crippen LogP contribution < -0.4 is 10.1 Å². The lowest BCUT2D eigenvalue weighted by Gasteiger charge is -2.34. The average molecular weight is 397 g/mol. The van der Waals surface area contributed by atoms with Crippen LogP contribution in [0.3, 0.4) is 0 Å². The first kappa shape index (κ1) is 21.3. The smallest absolute Gasteiger partial charge is 0.219 e. The largest absolute Gasteiger partial charge is 0.489 e. The number of nitrogens with zero attached hydrogens (tertiary/aromatic N) is 3. The summed E-state index contributed by atoms with van der Waals surface area (Å²) in [5, 5.41) is 2.86. The van der Waals surface area contributed by atoms with Gasteiger partial charge in [0.1, 0.15) is 11.9 Å². The second-order valence-electron chi connectivity index (χ2n) is 7.64. The van der Waals surface area contributed by atoms with Crippen molar-refractivity contribution < 1.29 is 9.53 Å². The summed E-state index contributed by atoms with van der Waals surface area (Å²) >= 11 is 0. The van der Waals surface area contributed by atoms with Crippen molar-refractivity contribution in [1.82, 2.24) is 20.1 Å². The van der Waals surface area contributed by atoms with Crippen molar-refractivity contribution in [2.45, 2.75) is 39.5 Å². The number of hydrogen-bond donors (Lipinski definition) is 1. The molecular weight excluding hydrogens is 364 g/mol. The molecule has 1 amide bonds. The molecule has 0 spiro atoms. The number of hydrogen-bond acceptors (Lipinski definition) is 5. The van der Waals surface area contributed by atoms with Crippen LogP contribution >= 0.6 is 0 Å². The number of aromatic nitrogens is 1. The minimum atomic E-state index is -0.0516. The van der Waals surface area contributed by atoms with Gasteiger partial charge in [0.05, 0.1) is 6.54 Å². The maximum Gasteiger partial charge on any atom is 0.219 e. The molecule has 1 saturated heterocycles. The molecule has 0 radical (unpaired) electrons. The molecule has 0 saturated carbocycles. The quantitative estimate of drug-likeness (QED) is 0.706. The minimum absolute atomic E-state index is 0.0516. The third-order valence-corrected chi connectivity index (χ3v) is 5.17. The van der Waals surface area contributed by atoms with Gasteiger partial charge >= 0.3 is 0 Å². The Bertz CT molecular complexity index is 743. The van der Waals surface area contributed by atoms with E-state index in [9.17, 15) is 4.79 Å². The van der Waals surface area contributed by atoms with Gasteiger partial charge in [0.2, 0.25) is 5.91 Å². The Balaban J connectivity index is 1.39. The van der Waals surface area contributed by atoms with Crippen LogP contribution in [0.25, 0.3) is 0 Å². The molecule has 2 aromatic rings. The number of benzene rings is 1. The summed E-state index contributed by atoms with van der Waals surface area (Å²) in [7, 11) is 0. The molecule has 0 aliphatic carbocycles. The normalized spacial score (nSPS) is 16.3. The van der Waals surface area contributed by atoms with E-state index in [4.69, 9.17) is 4.74 Å². The summed E-state index contributed by atoms with van der Waals surface area (Å²) in [6, 6.07) is 12.4. The first-order valence-corrected chi connectivity index (χ1v) is 10.5. The summed E-state index contributed by atoms with van der Waals surface area (Å²) in [5.74, 6) is 0.893. The van der Waals surface area contributed by atoms with Gasteiger partial charge in [-0.15, -0.1) is 0 Å². The molecule has 1 aromatic heterocycles. The number of nitrogens with one attached hydrogen (secondary N) is 1. The first-order valence-electron chi connectivity index (χ1n) is 10.5. The van der Waals surface area contributed by atoms with Gasteiger partial charge in [-0.05, 0) is 36.2 Å². The van der Waals surface area contributed by atoms with E-state index in [2.05, 4.69) is 38.3 Å². The zero-order valence-corrected chi connectivity index (χ0v) is 17.5. The van der Waals surface area contributed by atoms with Crippen molar-refractivity contribution in [3.63, 3.8) is 0 Å². The van der Waals surface area contributed by atoms with E-state index in [0.717, 1.165) is 45.0 Å². The van der Waals surface area contributed by atoms with Crippen LogP contribution in [0, 0.1) is 0 Å². The van der Waals surface area contributed by atoms with Crippen molar-refractivity contribution in [1.29, 1.82) is 0 Å². The molecule has 2 heterocycles. The molecule has 1 atom stereocenters. The van der Waals surface area contributed by atoms with Crippen LogP contribution in [0.15, 0.2) is 48.8 Å². The molecule has 1 aliphatic rings. The Morgan fingerprint density at radius 2 is 1.72 bits per heavy atom. The highest BCUT2D eigenvalue weighted by Gasteiger charge is 2.17. The van der Waals surface area contributed by atoms with Crippen LogP contribution in [0.5, 0.6) is 5.75 Å². The zero-order valence-electron chi connectivity index (χ0n) is 17.5. The minimum Gasteiger partial charge on any atom is -0.489 e. The molecule has 0 bridgehead atoms. The fraction of sp³-hybridized carbons (Fsp3) is 0.478. The fourth-order valence-corrected chi connectivity index (χ4v) is 3.44. The second-order valence-corrected chi connectivity index (χ2v) is 7.64. The van der Waals surface area contributed by atoms with Gasteiger partial charge < -0.3 is 10.1 Å². The molecule has 1 N–H and O–H groups in total. The van der Waals surface area contributed by atoms with Gasteiger partial charge in [-0.1, -0.05) is 25.1 Å². The van der Waals surface area contributed by atoms with Crippen molar-refractivity contribution >= 4 is 5.91 Å². The fourth-order valence-electron chi connectivity index (χ4n) is 3.44. The molecule has 1 unspecified atom stereocenters. The zero-order chi connectivity index (χ0) is 20.5. The third-order valence-electron chi connectivity index (χ3n) is 5.17. The Morgan fingerprint density at radius 3 is 2.31 bits per heavy atom. The van der Waals surface area contributed by atoms with Crippen LogP contribution in [-0.4, -0.2) is 59.5 Å². The molecule has 1 fully saturated rings. The van der Waals surface area contributed by atoms with Crippen LogP contribution in [0.4, 0.5) is 0 Å². The number of ether oxygens (including phenoxy) is 1. The van der Waals surface area contributed by atoms with Gasteiger partial charge in [-0.25, -0.2) is 0 Å². The van der Waals surface area contributed by atoms with E-state index >= 15 is 0 Å². The Morgan fingerprint density at radius 1 is 1.07 bits per heavy atom. The monoisotopic (exact) mass is 396 g/mol. The van der Waals surface area contributed by atoms with Crippen LogP contribution in [0.2, 0.25) is 0 Å². The lowest BCUT2D eigenvalue weighted by atomic mass is 10.2. The van der Waals surface area contributed by atoms with Crippen molar-refractivity contribution in [3.8, 4) is 5.75 Å². The highest BCUT2D eigenvalue weighted by atomic mass is 16.5. The molecule has 1 aliphatic heterocycles. The Hall–Kier alpha value is -2.44. The van der Waals surface area contributed by atoms with Gasteiger partial charge in [0.15, 0.2) is 0 Å². The Labute approximate surface area is 173 Å². The van der Waals surface area contributed by atoms with Crippen molar-refractivity contribution in [2.24, 2.45) is 0 Å². The number of pyridine rings is 1. The van der Waals surface area contributed by atoms with E-state index in [1.807, 2.05) is 44.4 Å². The summed E-state index contributed by atoms with van der Waals surface area (Å²) in [6.45, 7) is 10.6. The highest BCUT2D eigenvalue weighted by molar-refractivity contribution is 5.75. The van der Waals surface area contributed by atoms with Crippen LogP contribution in [-0.2, 0) is 17.9 Å². The van der Waals surface area contributed by atoms with E-state index in [1.54, 1.807) is 0 Å². The summed E-state index contributed by atoms with van der Waals surface area (Å²) in [4.78, 5) is 20.5. The number of amides is 1. The van der Waals surface area contributed by atoms with E-state index in [1.165, 1.54) is 11.1 Å². The molecular formula is C23H32N4O2. The van der Waals surface area contributed by atoms with E-state index < -0.39 is 0 Å². The molecule has 3 rings (SSSR count).